The number of aliphatic hydroxyl groups excluding tert-OH is 1. The molecule has 0 amide bonds. The Bertz CT molecular complexity index is 781. The van der Waals surface area contributed by atoms with Crippen LogP contribution in [0.5, 0.6) is 5.75 Å². The largest absolute Gasteiger partial charge is 0.490 e. The summed E-state index contributed by atoms with van der Waals surface area (Å²) in [5, 5.41) is 13.4. The zero-order valence-electron chi connectivity index (χ0n) is 16.9. The smallest absolute Gasteiger partial charge is 0.135 e. The summed E-state index contributed by atoms with van der Waals surface area (Å²) in [5.41, 5.74) is 2.86. The van der Waals surface area contributed by atoms with E-state index in [-0.39, 0.29) is 12.1 Å². The quantitative estimate of drug-likeness (QED) is 0.770. The van der Waals surface area contributed by atoms with Crippen molar-refractivity contribution in [3.63, 3.8) is 0 Å². The van der Waals surface area contributed by atoms with E-state index >= 15 is 0 Å². The molecular formula is C23H30N2O2. The lowest BCUT2D eigenvalue weighted by Crippen LogP contribution is -2.42. The molecule has 0 bridgehead atoms. The van der Waals surface area contributed by atoms with Crippen LogP contribution >= 0.6 is 0 Å². The van der Waals surface area contributed by atoms with Crippen molar-refractivity contribution in [1.29, 1.82) is 0 Å². The summed E-state index contributed by atoms with van der Waals surface area (Å²) in [7, 11) is 4.03. The van der Waals surface area contributed by atoms with Gasteiger partial charge in [0.25, 0.3) is 0 Å². The second-order valence-corrected chi connectivity index (χ2v) is 7.78. The minimum Gasteiger partial charge on any atom is -0.490 e. The molecule has 27 heavy (non-hydrogen) atoms. The third-order valence-corrected chi connectivity index (χ3v) is 3.91. The van der Waals surface area contributed by atoms with Gasteiger partial charge in [-0.05, 0) is 57.2 Å². The highest BCUT2D eigenvalue weighted by Gasteiger charge is 2.13. The first-order valence-electron chi connectivity index (χ1n) is 9.19. The third kappa shape index (κ3) is 7.34. The summed E-state index contributed by atoms with van der Waals surface area (Å²) in [6.45, 7) is 6.90. The van der Waals surface area contributed by atoms with Crippen LogP contribution in [0.2, 0.25) is 0 Å². The molecule has 2 N–H and O–H groups in total. The Kier molecular flexibility index (Phi) is 7.29. The van der Waals surface area contributed by atoms with Gasteiger partial charge in [0, 0.05) is 37.4 Å². The Morgan fingerprint density at radius 1 is 1.04 bits per heavy atom. The number of benzene rings is 2. The van der Waals surface area contributed by atoms with Gasteiger partial charge in [-0.25, -0.2) is 0 Å². The van der Waals surface area contributed by atoms with Gasteiger partial charge in [-0.1, -0.05) is 24.0 Å². The number of anilines is 1. The molecule has 0 aromatic heterocycles. The predicted molar refractivity (Wildman–Crippen MR) is 112 cm³/mol. The zero-order chi connectivity index (χ0) is 19.9. The summed E-state index contributed by atoms with van der Waals surface area (Å²) in [6, 6.07) is 15.8. The van der Waals surface area contributed by atoms with Crippen molar-refractivity contribution in [3.05, 3.63) is 59.7 Å². The number of aliphatic hydroxyl groups is 1. The Morgan fingerprint density at radius 2 is 1.70 bits per heavy atom. The van der Waals surface area contributed by atoms with Crippen LogP contribution in [0.1, 0.15) is 31.9 Å². The molecule has 0 spiro atoms. The molecule has 0 heterocycles. The van der Waals surface area contributed by atoms with Gasteiger partial charge in [-0.15, -0.1) is 0 Å². The van der Waals surface area contributed by atoms with E-state index in [9.17, 15) is 5.11 Å². The van der Waals surface area contributed by atoms with Gasteiger partial charge >= 0.3 is 0 Å². The van der Waals surface area contributed by atoms with E-state index in [4.69, 9.17) is 4.74 Å². The highest BCUT2D eigenvalue weighted by molar-refractivity contribution is 5.53. The summed E-state index contributed by atoms with van der Waals surface area (Å²) in [5.74, 6) is 7.03. The molecule has 1 unspecified atom stereocenters. The maximum absolute atomic E-state index is 10.1. The SMILES string of the molecule is CN(C)c1ccc(C#Cc2ccccc2OCC(O)CNC(C)(C)C)cc1. The van der Waals surface area contributed by atoms with Crippen LogP contribution in [0.3, 0.4) is 0 Å². The normalized spacial score (nSPS) is 12.1. The first-order valence-corrected chi connectivity index (χ1v) is 9.19. The molecule has 0 radical (unpaired) electrons. The molecular weight excluding hydrogens is 336 g/mol. The van der Waals surface area contributed by atoms with Gasteiger partial charge in [-0.2, -0.15) is 0 Å². The number of hydrogen-bond donors (Lipinski definition) is 2. The van der Waals surface area contributed by atoms with E-state index in [1.165, 1.54) is 0 Å². The number of hydrogen-bond acceptors (Lipinski definition) is 4. The summed E-state index contributed by atoms with van der Waals surface area (Å²) >= 11 is 0. The van der Waals surface area contributed by atoms with E-state index in [0.717, 1.165) is 16.8 Å². The molecule has 0 aliphatic rings. The van der Waals surface area contributed by atoms with Crippen molar-refractivity contribution in [2.24, 2.45) is 0 Å². The van der Waals surface area contributed by atoms with Crippen LogP contribution in [0.15, 0.2) is 48.5 Å². The van der Waals surface area contributed by atoms with Gasteiger partial charge in [0.1, 0.15) is 18.5 Å². The summed E-state index contributed by atoms with van der Waals surface area (Å²) in [6.07, 6.45) is -0.580. The fourth-order valence-electron chi connectivity index (χ4n) is 2.35. The van der Waals surface area contributed by atoms with E-state index in [1.54, 1.807) is 0 Å². The molecule has 0 aliphatic heterocycles. The van der Waals surface area contributed by atoms with Crippen LogP contribution in [0.25, 0.3) is 0 Å². The summed E-state index contributed by atoms with van der Waals surface area (Å²) in [4.78, 5) is 2.06. The second-order valence-electron chi connectivity index (χ2n) is 7.78. The van der Waals surface area contributed by atoms with E-state index in [0.29, 0.717) is 12.3 Å². The Balaban J connectivity index is 2.01. The molecule has 144 valence electrons. The van der Waals surface area contributed by atoms with Crippen molar-refractivity contribution in [1.82, 2.24) is 5.32 Å². The van der Waals surface area contributed by atoms with Gasteiger partial charge < -0.3 is 20.1 Å². The molecule has 1 atom stereocenters. The van der Waals surface area contributed by atoms with Gasteiger partial charge in [0.05, 0.1) is 5.56 Å². The van der Waals surface area contributed by atoms with Crippen molar-refractivity contribution >= 4 is 5.69 Å². The van der Waals surface area contributed by atoms with Crippen LogP contribution in [-0.4, -0.2) is 44.0 Å². The minimum absolute atomic E-state index is 0.0352. The lowest BCUT2D eigenvalue weighted by molar-refractivity contribution is 0.0999. The fraction of sp³-hybridized carbons (Fsp3) is 0.391. The van der Waals surface area contributed by atoms with Gasteiger partial charge in [0.15, 0.2) is 0 Å². The van der Waals surface area contributed by atoms with E-state index < -0.39 is 6.10 Å². The Morgan fingerprint density at radius 3 is 2.33 bits per heavy atom. The van der Waals surface area contributed by atoms with Crippen LogP contribution in [-0.2, 0) is 0 Å². The molecule has 2 aromatic carbocycles. The Hall–Kier alpha value is -2.48. The topological polar surface area (TPSA) is 44.7 Å². The highest BCUT2D eigenvalue weighted by atomic mass is 16.5. The average Bonchev–Trinajstić information content (AvgIpc) is 2.63. The molecule has 0 saturated carbocycles. The monoisotopic (exact) mass is 366 g/mol. The second kappa shape index (κ2) is 9.45. The lowest BCUT2D eigenvalue weighted by Gasteiger charge is -2.23. The number of rotatable bonds is 6. The van der Waals surface area contributed by atoms with Crippen molar-refractivity contribution < 1.29 is 9.84 Å². The first-order chi connectivity index (χ1) is 12.7. The van der Waals surface area contributed by atoms with Crippen molar-refractivity contribution in [2.45, 2.75) is 32.4 Å². The van der Waals surface area contributed by atoms with Gasteiger partial charge in [0.2, 0.25) is 0 Å². The van der Waals surface area contributed by atoms with Gasteiger partial charge in [-0.3, -0.25) is 0 Å². The van der Waals surface area contributed by atoms with Crippen molar-refractivity contribution in [3.8, 4) is 17.6 Å². The number of nitrogens with zero attached hydrogens (tertiary/aromatic N) is 1. The number of β-amino-alcohol motifs (C(OH)–C–C–N with tert-alkyl or cyclic N) is 1. The summed E-state index contributed by atoms with van der Waals surface area (Å²) < 4.78 is 5.80. The lowest BCUT2D eigenvalue weighted by atomic mass is 10.1. The molecule has 0 fully saturated rings. The Labute approximate surface area is 163 Å². The fourth-order valence-corrected chi connectivity index (χ4v) is 2.35. The van der Waals surface area contributed by atoms with Crippen LogP contribution < -0.4 is 15.0 Å². The molecule has 0 aliphatic carbocycles. The molecule has 2 rings (SSSR count). The maximum Gasteiger partial charge on any atom is 0.135 e. The predicted octanol–water partition coefficient (Wildman–Crippen LogP) is 3.28. The standard InChI is InChI=1S/C23H30N2O2/c1-23(2,3)24-16-21(26)17-27-22-9-7-6-8-19(22)13-10-18-11-14-20(15-12-18)25(4)5/h6-9,11-12,14-15,21,24,26H,16-17H2,1-5H3. The molecule has 0 saturated heterocycles. The highest BCUT2D eigenvalue weighted by Crippen LogP contribution is 2.18. The molecule has 4 nitrogen and oxygen atoms in total. The van der Waals surface area contributed by atoms with E-state index in [2.05, 4.69) is 42.8 Å². The third-order valence-electron chi connectivity index (χ3n) is 3.91. The number of ether oxygens (including phenoxy) is 1. The van der Waals surface area contributed by atoms with Crippen molar-refractivity contribution in [2.75, 3.05) is 32.1 Å². The molecule has 4 heteroatoms. The van der Waals surface area contributed by atoms with Crippen LogP contribution in [0.4, 0.5) is 5.69 Å². The maximum atomic E-state index is 10.1. The number of nitrogens with one attached hydrogen (secondary N) is 1. The zero-order valence-corrected chi connectivity index (χ0v) is 16.9. The first kappa shape index (κ1) is 20.8. The minimum atomic E-state index is -0.580. The molecule has 2 aromatic rings. The average molecular weight is 367 g/mol. The van der Waals surface area contributed by atoms with E-state index in [1.807, 2.05) is 62.6 Å². The van der Waals surface area contributed by atoms with Crippen LogP contribution in [0, 0.1) is 11.8 Å². The number of para-hydroxylation sites is 1.